The molecular formula is C23H34F3NO9S. The summed E-state index contributed by atoms with van der Waals surface area (Å²) in [6.45, 7) is 6.28. The molecule has 0 radical (unpaired) electrons. The number of alkyl halides is 3. The molecule has 37 heavy (non-hydrogen) atoms. The Morgan fingerprint density at radius 2 is 1.78 bits per heavy atom. The molecule has 2 unspecified atom stereocenters. The molecule has 10 nitrogen and oxygen atoms in total. The van der Waals surface area contributed by atoms with E-state index in [-0.39, 0.29) is 25.0 Å². The molecule has 212 valence electrons. The van der Waals surface area contributed by atoms with Crippen molar-refractivity contribution in [1.29, 1.82) is 0 Å². The van der Waals surface area contributed by atoms with Gasteiger partial charge in [0.1, 0.15) is 11.6 Å². The van der Waals surface area contributed by atoms with Crippen LogP contribution in [0.1, 0.15) is 77.7 Å². The zero-order chi connectivity index (χ0) is 28.2. The summed E-state index contributed by atoms with van der Waals surface area (Å²) in [5.74, 6) is -1.84. The summed E-state index contributed by atoms with van der Waals surface area (Å²) in [6, 6.07) is -0.739. The number of ether oxygens (including phenoxy) is 3. The first kappa shape index (κ1) is 31.1. The van der Waals surface area contributed by atoms with Crippen LogP contribution >= 0.6 is 0 Å². The van der Waals surface area contributed by atoms with Crippen LogP contribution < -0.4 is 9.74 Å². The largest absolute Gasteiger partial charge is 0.534 e. The highest BCUT2D eigenvalue weighted by molar-refractivity contribution is 7.88. The van der Waals surface area contributed by atoms with Crippen molar-refractivity contribution in [2.45, 2.75) is 89.3 Å². The molecule has 0 aromatic carbocycles. The number of carbonyl (C=O) groups is 1. The van der Waals surface area contributed by atoms with Gasteiger partial charge in [-0.15, -0.1) is 0 Å². The smallest absolute Gasteiger partial charge is 0.458 e. The van der Waals surface area contributed by atoms with Gasteiger partial charge in [-0.3, -0.25) is 4.79 Å². The first-order valence-corrected chi connectivity index (χ1v) is 13.2. The summed E-state index contributed by atoms with van der Waals surface area (Å²) in [5, 5.41) is 10.4. The number of halogens is 3. The van der Waals surface area contributed by atoms with E-state index in [1.165, 1.54) is 6.92 Å². The molecule has 2 atom stereocenters. The molecule has 1 N–H and O–H groups in total. The van der Waals surface area contributed by atoms with Crippen LogP contribution in [0, 0.1) is 5.92 Å². The highest BCUT2D eigenvalue weighted by atomic mass is 32.2. The molecule has 0 aliphatic heterocycles. The van der Waals surface area contributed by atoms with Gasteiger partial charge in [0.25, 0.3) is 5.56 Å². The van der Waals surface area contributed by atoms with Gasteiger partial charge in [0.2, 0.25) is 0 Å². The Labute approximate surface area is 213 Å². The van der Waals surface area contributed by atoms with Crippen LogP contribution in [0.5, 0.6) is 5.75 Å². The molecule has 1 aromatic heterocycles. The van der Waals surface area contributed by atoms with Gasteiger partial charge < -0.3 is 28.1 Å². The zero-order valence-corrected chi connectivity index (χ0v) is 22.2. The van der Waals surface area contributed by atoms with Gasteiger partial charge >= 0.3 is 21.6 Å². The Bertz CT molecular complexity index is 1090. The fourth-order valence-electron chi connectivity index (χ4n) is 4.07. The molecule has 0 bridgehead atoms. The Morgan fingerprint density at radius 1 is 1.19 bits per heavy atom. The quantitative estimate of drug-likeness (QED) is 0.199. The van der Waals surface area contributed by atoms with Crippen molar-refractivity contribution in [3.05, 3.63) is 28.2 Å². The van der Waals surface area contributed by atoms with E-state index in [1.54, 1.807) is 27.9 Å². The third-order valence-corrected chi connectivity index (χ3v) is 6.81. The average Bonchev–Trinajstić information content (AvgIpc) is 2.76. The van der Waals surface area contributed by atoms with Gasteiger partial charge in [-0.05, 0) is 65.7 Å². The van der Waals surface area contributed by atoms with E-state index in [9.17, 15) is 36.3 Å². The molecule has 1 aliphatic carbocycles. The third kappa shape index (κ3) is 8.42. The Hall–Kier alpha value is -2.16. The SMILES string of the molecule is CCOC(O)c1cn(C(C[C@H]2CC[C@H](OC)CC2)C(=O)OC(C)(C)C)c(=O)cc1OS(=O)(=O)C(F)(F)F. The minimum atomic E-state index is -6.16. The van der Waals surface area contributed by atoms with Gasteiger partial charge in [0.05, 0.1) is 11.7 Å². The number of rotatable bonds is 10. The summed E-state index contributed by atoms with van der Waals surface area (Å²) >= 11 is 0. The van der Waals surface area contributed by atoms with Crippen molar-refractivity contribution in [1.82, 2.24) is 4.57 Å². The van der Waals surface area contributed by atoms with E-state index in [1.807, 2.05) is 0 Å². The van der Waals surface area contributed by atoms with Gasteiger partial charge in [0.15, 0.2) is 12.0 Å². The van der Waals surface area contributed by atoms with Crippen molar-refractivity contribution >= 4 is 16.1 Å². The minimum absolute atomic E-state index is 0.00221. The monoisotopic (exact) mass is 557 g/mol. The van der Waals surface area contributed by atoms with Crippen molar-refractivity contribution in [3.63, 3.8) is 0 Å². The van der Waals surface area contributed by atoms with Crippen molar-refractivity contribution < 1.29 is 49.9 Å². The first-order chi connectivity index (χ1) is 17.0. The Morgan fingerprint density at radius 3 is 2.27 bits per heavy atom. The predicted octanol–water partition coefficient (Wildman–Crippen LogP) is 3.58. The highest BCUT2D eigenvalue weighted by Gasteiger charge is 2.49. The lowest BCUT2D eigenvalue weighted by Crippen LogP contribution is -2.37. The lowest BCUT2D eigenvalue weighted by molar-refractivity contribution is -0.160. The molecule has 1 aliphatic rings. The lowest BCUT2D eigenvalue weighted by Gasteiger charge is -2.32. The number of aliphatic hydroxyl groups is 1. The number of pyridine rings is 1. The van der Waals surface area contributed by atoms with E-state index in [2.05, 4.69) is 4.18 Å². The molecule has 0 amide bonds. The number of carbonyl (C=O) groups excluding carboxylic acids is 1. The third-order valence-electron chi connectivity index (χ3n) is 5.84. The van der Waals surface area contributed by atoms with Gasteiger partial charge in [-0.25, -0.2) is 4.79 Å². The van der Waals surface area contributed by atoms with Crippen LogP contribution in [0.4, 0.5) is 13.2 Å². The van der Waals surface area contributed by atoms with E-state index in [0.717, 1.165) is 23.6 Å². The second-order valence-corrected chi connectivity index (χ2v) is 11.3. The lowest BCUT2D eigenvalue weighted by atomic mass is 9.83. The summed E-state index contributed by atoms with van der Waals surface area (Å²) in [4.78, 5) is 26.2. The van der Waals surface area contributed by atoms with Crippen LogP contribution in [-0.4, -0.2) is 55.0 Å². The maximum absolute atomic E-state index is 13.2. The molecule has 0 saturated heterocycles. The topological polar surface area (TPSA) is 130 Å². The highest BCUT2D eigenvalue weighted by Crippen LogP contribution is 2.35. The Balaban J connectivity index is 2.57. The van der Waals surface area contributed by atoms with E-state index >= 15 is 0 Å². The number of hydrogen-bond acceptors (Lipinski definition) is 9. The van der Waals surface area contributed by atoms with Crippen molar-refractivity contribution in [2.75, 3.05) is 13.7 Å². The number of hydrogen-bond donors (Lipinski definition) is 1. The summed E-state index contributed by atoms with van der Waals surface area (Å²) in [7, 11) is -4.55. The molecule has 1 aromatic rings. The summed E-state index contributed by atoms with van der Waals surface area (Å²) in [6.07, 6.45) is 2.06. The van der Waals surface area contributed by atoms with Crippen LogP contribution in [0.25, 0.3) is 0 Å². The molecule has 1 heterocycles. The average molecular weight is 558 g/mol. The first-order valence-electron chi connectivity index (χ1n) is 11.8. The van der Waals surface area contributed by atoms with E-state index in [0.29, 0.717) is 18.9 Å². The normalized spacial score (nSPS) is 20.8. The molecule has 1 saturated carbocycles. The maximum Gasteiger partial charge on any atom is 0.534 e. The molecule has 14 heteroatoms. The van der Waals surface area contributed by atoms with Crippen molar-refractivity contribution in [3.8, 4) is 5.75 Å². The standard InChI is InChI=1S/C23H34F3NO9S/c1-6-34-20(29)16-13-27(19(28)12-18(16)36-37(31,32)23(24,25)26)17(21(30)35-22(2,3)4)11-14-7-9-15(33-5)10-8-14/h12-15,17,20,29H,6-11H2,1-5H3/t14-,15-,17?,20?. The number of nitrogens with zero attached hydrogens (tertiary/aromatic N) is 1. The summed E-state index contributed by atoms with van der Waals surface area (Å²) < 4.78 is 82.9. The predicted molar refractivity (Wildman–Crippen MR) is 125 cm³/mol. The van der Waals surface area contributed by atoms with Crippen molar-refractivity contribution in [2.24, 2.45) is 5.92 Å². The van der Waals surface area contributed by atoms with Crippen LogP contribution in [0.15, 0.2) is 17.1 Å². The van der Waals surface area contributed by atoms with E-state index < -0.39 is 56.4 Å². The van der Waals surface area contributed by atoms with Crippen LogP contribution in [0.2, 0.25) is 0 Å². The number of esters is 1. The summed E-state index contributed by atoms with van der Waals surface area (Å²) in [5.41, 5.74) is -8.30. The van der Waals surface area contributed by atoms with Crippen LogP contribution in [-0.2, 0) is 29.1 Å². The second-order valence-electron chi connectivity index (χ2n) is 9.79. The molecule has 2 rings (SSSR count). The van der Waals surface area contributed by atoms with Crippen LogP contribution in [0.3, 0.4) is 0 Å². The maximum atomic E-state index is 13.2. The Kier molecular flexibility index (Phi) is 10.2. The van der Waals surface area contributed by atoms with E-state index in [4.69, 9.17) is 14.2 Å². The molecule has 1 fully saturated rings. The number of aliphatic hydroxyl groups excluding tert-OH is 1. The molecular weight excluding hydrogens is 523 g/mol. The minimum Gasteiger partial charge on any atom is -0.458 e. The van der Waals surface area contributed by atoms with Gasteiger partial charge in [-0.2, -0.15) is 21.6 Å². The molecule has 0 spiro atoms. The van der Waals surface area contributed by atoms with Gasteiger partial charge in [0, 0.05) is 26.0 Å². The number of aromatic nitrogens is 1. The van der Waals surface area contributed by atoms with Gasteiger partial charge in [-0.1, -0.05) is 0 Å². The fraction of sp³-hybridized carbons (Fsp3) is 0.739. The zero-order valence-electron chi connectivity index (χ0n) is 21.4. The fourth-order valence-corrected chi connectivity index (χ4v) is 4.55. The number of methoxy groups -OCH3 is 1. The second kappa shape index (κ2) is 12.1.